The molecule has 0 saturated carbocycles. The highest BCUT2D eigenvalue weighted by Gasteiger charge is 2.25. The molecule has 0 spiro atoms. The summed E-state index contributed by atoms with van der Waals surface area (Å²) in [6.45, 7) is 10.8. The maximum Gasteiger partial charge on any atom is 0.149 e. The molecule has 2 rings (SSSR count). The van der Waals surface area contributed by atoms with Crippen molar-refractivity contribution in [3.63, 3.8) is 0 Å². The summed E-state index contributed by atoms with van der Waals surface area (Å²) >= 11 is 2.04. The molecule has 4 heteroatoms. The lowest BCUT2D eigenvalue weighted by molar-refractivity contribution is -0.123. The van der Waals surface area contributed by atoms with E-state index in [0.29, 0.717) is 12.3 Å². The molecule has 0 amide bonds. The van der Waals surface area contributed by atoms with Gasteiger partial charge in [-0.15, -0.1) is 0 Å². The minimum Gasteiger partial charge on any atom is -0.303 e. The summed E-state index contributed by atoms with van der Waals surface area (Å²) < 4.78 is 0. The Balaban J connectivity index is 1.64. The highest BCUT2D eigenvalue weighted by Crippen LogP contribution is 2.24. The summed E-state index contributed by atoms with van der Waals surface area (Å²) in [5.41, 5.74) is 0. The second-order valence-corrected chi connectivity index (χ2v) is 8.21. The fraction of sp³-hybridized carbons (Fsp3) is 0.941. The van der Waals surface area contributed by atoms with E-state index in [4.69, 9.17) is 0 Å². The van der Waals surface area contributed by atoms with Crippen LogP contribution >= 0.6 is 11.8 Å². The van der Waals surface area contributed by atoms with Crippen LogP contribution in [0.2, 0.25) is 0 Å². The lowest BCUT2D eigenvalue weighted by Gasteiger charge is -2.37. The van der Waals surface area contributed by atoms with Crippen LogP contribution in [0.3, 0.4) is 0 Å². The van der Waals surface area contributed by atoms with Gasteiger partial charge in [-0.2, -0.15) is 11.8 Å². The van der Waals surface area contributed by atoms with Gasteiger partial charge in [-0.3, -0.25) is 9.69 Å². The molecule has 122 valence electrons. The number of likely N-dealkylation sites (tertiary alicyclic amines) is 2. The van der Waals surface area contributed by atoms with Gasteiger partial charge in [0.2, 0.25) is 0 Å². The molecule has 2 heterocycles. The van der Waals surface area contributed by atoms with E-state index in [0.717, 1.165) is 24.3 Å². The summed E-state index contributed by atoms with van der Waals surface area (Å²) in [7, 11) is 0. The van der Waals surface area contributed by atoms with Crippen molar-refractivity contribution in [2.75, 3.05) is 45.5 Å². The fourth-order valence-corrected chi connectivity index (χ4v) is 4.11. The predicted molar refractivity (Wildman–Crippen MR) is 92.0 cm³/mol. The van der Waals surface area contributed by atoms with Gasteiger partial charge in [-0.1, -0.05) is 13.8 Å². The maximum absolute atomic E-state index is 11.8. The van der Waals surface area contributed by atoms with Gasteiger partial charge in [0.25, 0.3) is 0 Å². The minimum absolute atomic E-state index is 0.181. The van der Waals surface area contributed by atoms with Crippen LogP contribution in [0.4, 0.5) is 0 Å². The number of piperidine rings is 2. The third kappa shape index (κ3) is 5.57. The predicted octanol–water partition coefficient (Wildman–Crippen LogP) is 2.75. The zero-order valence-corrected chi connectivity index (χ0v) is 14.8. The number of carbonyl (C=O) groups excluding carboxylic acids is 1. The molecule has 0 aromatic heterocycles. The first-order valence-electron chi connectivity index (χ1n) is 8.58. The van der Waals surface area contributed by atoms with Crippen LogP contribution < -0.4 is 0 Å². The first-order valence-corrected chi connectivity index (χ1v) is 9.87. The summed E-state index contributed by atoms with van der Waals surface area (Å²) in [5.74, 6) is 1.43. The zero-order valence-electron chi connectivity index (χ0n) is 14.0. The lowest BCUT2D eigenvalue weighted by Crippen LogP contribution is -2.43. The van der Waals surface area contributed by atoms with Crippen LogP contribution in [-0.4, -0.2) is 66.4 Å². The second-order valence-electron chi connectivity index (χ2n) is 7.08. The van der Waals surface area contributed by atoms with E-state index in [1.54, 1.807) is 0 Å². The first kappa shape index (κ1) is 17.3. The summed E-state index contributed by atoms with van der Waals surface area (Å²) in [4.78, 5) is 16.8. The molecule has 2 aliphatic rings. The number of ketones is 1. The molecule has 0 unspecified atom stereocenters. The average molecular weight is 313 g/mol. The topological polar surface area (TPSA) is 23.6 Å². The molecule has 0 aromatic rings. The van der Waals surface area contributed by atoms with Gasteiger partial charge in [0.15, 0.2) is 0 Å². The van der Waals surface area contributed by atoms with Crippen molar-refractivity contribution < 1.29 is 4.79 Å². The Bertz CT molecular complexity index is 319. The standard InChI is InChI=1S/C17H32N2OS/c1-14(2)17(20)13-19-8-4-15(5-9-19)12-18-10-6-16(21-3)7-11-18/h14-16H,4-13H2,1-3H3. The monoisotopic (exact) mass is 312 g/mol. The molecule has 0 aliphatic carbocycles. The fourth-order valence-electron chi connectivity index (χ4n) is 3.42. The van der Waals surface area contributed by atoms with Crippen molar-refractivity contribution in [2.45, 2.75) is 44.8 Å². The number of hydrogen-bond acceptors (Lipinski definition) is 4. The summed E-state index contributed by atoms with van der Waals surface area (Å²) in [6.07, 6.45) is 7.52. The minimum atomic E-state index is 0.181. The molecule has 0 N–H and O–H groups in total. The molecule has 3 nitrogen and oxygen atoms in total. The molecule has 21 heavy (non-hydrogen) atoms. The van der Waals surface area contributed by atoms with Crippen molar-refractivity contribution in [3.05, 3.63) is 0 Å². The first-order chi connectivity index (χ1) is 10.1. The third-order valence-corrected chi connectivity index (χ3v) is 6.25. The van der Waals surface area contributed by atoms with E-state index >= 15 is 0 Å². The quantitative estimate of drug-likeness (QED) is 0.752. The highest BCUT2D eigenvalue weighted by molar-refractivity contribution is 7.99. The molecule has 0 atom stereocenters. The molecule has 0 aromatic carbocycles. The molecule has 2 fully saturated rings. The summed E-state index contributed by atoms with van der Waals surface area (Å²) in [6, 6.07) is 0. The SMILES string of the molecule is CSC1CCN(CC2CCN(CC(=O)C(C)C)CC2)CC1. The molecular weight excluding hydrogens is 280 g/mol. The second kappa shape index (κ2) is 8.54. The smallest absolute Gasteiger partial charge is 0.149 e. The normalized spacial score (nSPS) is 23.8. The van der Waals surface area contributed by atoms with Gasteiger partial charge in [-0.25, -0.2) is 0 Å². The van der Waals surface area contributed by atoms with Gasteiger partial charge >= 0.3 is 0 Å². The number of Topliss-reactive ketones (excluding diaryl/α,β-unsaturated/α-hetero) is 1. The van der Waals surface area contributed by atoms with E-state index in [9.17, 15) is 4.79 Å². The average Bonchev–Trinajstić information content (AvgIpc) is 2.50. The van der Waals surface area contributed by atoms with Gasteiger partial charge < -0.3 is 4.90 Å². The number of nitrogens with zero attached hydrogens (tertiary/aromatic N) is 2. The van der Waals surface area contributed by atoms with Crippen molar-refractivity contribution in [2.24, 2.45) is 11.8 Å². The molecular formula is C17H32N2OS. The zero-order chi connectivity index (χ0) is 15.2. The van der Waals surface area contributed by atoms with Crippen LogP contribution in [0.1, 0.15) is 39.5 Å². The summed E-state index contributed by atoms with van der Waals surface area (Å²) in [5, 5.41) is 0.894. The highest BCUT2D eigenvalue weighted by atomic mass is 32.2. The van der Waals surface area contributed by atoms with E-state index in [1.165, 1.54) is 45.3 Å². The van der Waals surface area contributed by atoms with E-state index in [-0.39, 0.29) is 5.92 Å². The Morgan fingerprint density at radius 1 is 1.05 bits per heavy atom. The van der Waals surface area contributed by atoms with E-state index in [1.807, 2.05) is 25.6 Å². The van der Waals surface area contributed by atoms with Crippen LogP contribution in [0, 0.1) is 11.8 Å². The Kier molecular flexibility index (Phi) is 7.03. The van der Waals surface area contributed by atoms with Crippen LogP contribution in [0.25, 0.3) is 0 Å². The Labute approximate surface area is 134 Å². The molecule has 0 bridgehead atoms. The number of hydrogen-bond donors (Lipinski definition) is 0. The van der Waals surface area contributed by atoms with Gasteiger partial charge in [0, 0.05) is 17.7 Å². The van der Waals surface area contributed by atoms with Crippen molar-refractivity contribution >= 4 is 17.5 Å². The molecule has 2 saturated heterocycles. The van der Waals surface area contributed by atoms with E-state index in [2.05, 4.69) is 16.1 Å². The van der Waals surface area contributed by atoms with Crippen LogP contribution in [-0.2, 0) is 4.79 Å². The number of thioether (sulfide) groups is 1. The van der Waals surface area contributed by atoms with E-state index < -0.39 is 0 Å². The van der Waals surface area contributed by atoms with Crippen molar-refractivity contribution in [1.29, 1.82) is 0 Å². The number of carbonyl (C=O) groups is 1. The number of rotatable bonds is 6. The lowest BCUT2D eigenvalue weighted by atomic mass is 9.94. The van der Waals surface area contributed by atoms with Crippen LogP contribution in [0.15, 0.2) is 0 Å². The third-order valence-electron chi connectivity index (χ3n) is 5.11. The van der Waals surface area contributed by atoms with Gasteiger partial charge in [-0.05, 0) is 64.0 Å². The Morgan fingerprint density at radius 2 is 1.62 bits per heavy atom. The van der Waals surface area contributed by atoms with Gasteiger partial charge in [0.05, 0.1) is 6.54 Å². The molecule has 0 radical (unpaired) electrons. The largest absolute Gasteiger partial charge is 0.303 e. The van der Waals surface area contributed by atoms with Crippen LogP contribution in [0.5, 0.6) is 0 Å². The maximum atomic E-state index is 11.8. The Morgan fingerprint density at radius 3 is 2.14 bits per heavy atom. The Hall–Kier alpha value is -0.0600. The molecule has 2 aliphatic heterocycles. The van der Waals surface area contributed by atoms with Gasteiger partial charge in [0.1, 0.15) is 5.78 Å². The van der Waals surface area contributed by atoms with Crippen molar-refractivity contribution in [3.8, 4) is 0 Å². The van der Waals surface area contributed by atoms with Crippen molar-refractivity contribution in [1.82, 2.24) is 9.80 Å².